The van der Waals surface area contributed by atoms with Crippen LogP contribution >= 0.6 is 23.4 Å². The highest BCUT2D eigenvalue weighted by atomic mass is 35.5. The van der Waals surface area contributed by atoms with Crippen molar-refractivity contribution in [3.63, 3.8) is 0 Å². The number of carbonyl (C=O) groups excluding carboxylic acids is 2. The number of hydrogen-bond donors (Lipinski definition) is 0. The molecule has 146 valence electrons. The standard InChI is InChI=1S/C21H20ClNO4S/c1-3-11-27-17-10-5-14(12-18(17)26-4-2)13-19-20(24)23(21(25)28-19)16-8-6-15(22)7-9-16/h5-10,12-13H,3-4,11H2,1-2H3/b19-13+. The van der Waals surface area contributed by atoms with Gasteiger partial charge in [0.25, 0.3) is 11.1 Å². The second-order valence-corrected chi connectivity index (χ2v) is 7.41. The fraction of sp³-hybridized carbons (Fsp3) is 0.238. The van der Waals surface area contributed by atoms with Crippen LogP contribution in [0.15, 0.2) is 47.4 Å². The fourth-order valence-electron chi connectivity index (χ4n) is 2.65. The van der Waals surface area contributed by atoms with E-state index in [-0.39, 0.29) is 11.1 Å². The lowest BCUT2D eigenvalue weighted by Gasteiger charge is -2.13. The lowest BCUT2D eigenvalue weighted by Crippen LogP contribution is -2.27. The first-order valence-corrected chi connectivity index (χ1v) is 10.2. The fourth-order valence-corrected chi connectivity index (χ4v) is 3.61. The third kappa shape index (κ3) is 4.51. The molecule has 2 aromatic rings. The molecule has 0 atom stereocenters. The van der Waals surface area contributed by atoms with Crippen LogP contribution in [0.2, 0.25) is 5.02 Å². The zero-order chi connectivity index (χ0) is 20.1. The zero-order valence-electron chi connectivity index (χ0n) is 15.6. The molecule has 0 saturated carbocycles. The third-order valence-corrected chi connectivity index (χ3v) is 5.03. The number of carbonyl (C=O) groups is 2. The Labute approximate surface area is 173 Å². The lowest BCUT2D eigenvalue weighted by atomic mass is 10.1. The molecule has 0 radical (unpaired) electrons. The van der Waals surface area contributed by atoms with Gasteiger partial charge in [-0.15, -0.1) is 0 Å². The summed E-state index contributed by atoms with van der Waals surface area (Å²) in [5, 5.41) is 0.201. The number of anilines is 1. The first-order valence-electron chi connectivity index (χ1n) is 8.96. The van der Waals surface area contributed by atoms with Gasteiger partial charge in [0.1, 0.15) is 0 Å². The van der Waals surface area contributed by atoms with Crippen LogP contribution in [0.3, 0.4) is 0 Å². The van der Waals surface area contributed by atoms with Crippen molar-refractivity contribution in [2.45, 2.75) is 20.3 Å². The zero-order valence-corrected chi connectivity index (χ0v) is 17.2. The first-order chi connectivity index (χ1) is 13.5. The van der Waals surface area contributed by atoms with Crippen molar-refractivity contribution < 1.29 is 19.1 Å². The number of hydrogen-bond acceptors (Lipinski definition) is 5. The second-order valence-electron chi connectivity index (χ2n) is 5.98. The number of halogens is 1. The van der Waals surface area contributed by atoms with Crippen LogP contribution in [0.4, 0.5) is 10.5 Å². The van der Waals surface area contributed by atoms with E-state index >= 15 is 0 Å². The topological polar surface area (TPSA) is 55.8 Å². The summed E-state index contributed by atoms with van der Waals surface area (Å²) in [6, 6.07) is 12.0. The maximum Gasteiger partial charge on any atom is 0.298 e. The monoisotopic (exact) mass is 417 g/mol. The Morgan fingerprint density at radius 1 is 1.04 bits per heavy atom. The smallest absolute Gasteiger partial charge is 0.298 e. The largest absolute Gasteiger partial charge is 0.490 e. The lowest BCUT2D eigenvalue weighted by molar-refractivity contribution is -0.113. The highest BCUT2D eigenvalue weighted by Crippen LogP contribution is 2.37. The van der Waals surface area contributed by atoms with Crippen LogP contribution in [0.5, 0.6) is 11.5 Å². The summed E-state index contributed by atoms with van der Waals surface area (Å²) in [5.74, 6) is 0.915. The van der Waals surface area contributed by atoms with Gasteiger partial charge in [-0.2, -0.15) is 0 Å². The Morgan fingerprint density at radius 2 is 1.79 bits per heavy atom. The van der Waals surface area contributed by atoms with Crippen LogP contribution in [-0.4, -0.2) is 24.4 Å². The quantitative estimate of drug-likeness (QED) is 0.535. The molecule has 3 rings (SSSR count). The van der Waals surface area contributed by atoms with Gasteiger partial charge in [0, 0.05) is 5.02 Å². The molecule has 28 heavy (non-hydrogen) atoms. The number of imide groups is 1. The Kier molecular flexibility index (Phi) is 6.65. The van der Waals surface area contributed by atoms with Crippen molar-refractivity contribution in [2.75, 3.05) is 18.1 Å². The summed E-state index contributed by atoms with van der Waals surface area (Å²) in [6.45, 7) is 5.03. The summed E-state index contributed by atoms with van der Waals surface area (Å²) in [7, 11) is 0. The van der Waals surface area contributed by atoms with Gasteiger partial charge in [-0.25, -0.2) is 4.90 Å². The minimum absolute atomic E-state index is 0.341. The number of rotatable bonds is 7. The van der Waals surface area contributed by atoms with Crippen molar-refractivity contribution in [3.05, 3.63) is 58.0 Å². The van der Waals surface area contributed by atoms with E-state index < -0.39 is 0 Å². The predicted molar refractivity (Wildman–Crippen MR) is 113 cm³/mol. The minimum Gasteiger partial charge on any atom is -0.490 e. The van der Waals surface area contributed by atoms with Gasteiger partial charge in [-0.1, -0.05) is 24.6 Å². The molecule has 0 N–H and O–H groups in total. The molecule has 1 saturated heterocycles. The average molecular weight is 418 g/mol. The summed E-state index contributed by atoms with van der Waals surface area (Å²) in [6.07, 6.45) is 2.58. The number of thioether (sulfide) groups is 1. The molecular weight excluding hydrogens is 398 g/mol. The van der Waals surface area contributed by atoms with E-state index in [1.165, 1.54) is 0 Å². The molecule has 1 aliphatic rings. The molecule has 1 heterocycles. The van der Waals surface area contributed by atoms with Crippen LogP contribution in [0, 0.1) is 0 Å². The van der Waals surface area contributed by atoms with Crippen LogP contribution in [-0.2, 0) is 4.79 Å². The Morgan fingerprint density at radius 3 is 2.46 bits per heavy atom. The number of benzene rings is 2. The first kappa shape index (κ1) is 20.3. The minimum atomic E-state index is -0.360. The number of nitrogens with zero attached hydrogens (tertiary/aromatic N) is 1. The molecule has 0 aliphatic carbocycles. The van der Waals surface area contributed by atoms with E-state index in [4.69, 9.17) is 21.1 Å². The van der Waals surface area contributed by atoms with Gasteiger partial charge >= 0.3 is 0 Å². The van der Waals surface area contributed by atoms with Gasteiger partial charge in [-0.05, 0) is 73.1 Å². The highest BCUT2D eigenvalue weighted by Gasteiger charge is 2.36. The molecule has 2 amide bonds. The average Bonchev–Trinajstić information content (AvgIpc) is 2.95. The van der Waals surface area contributed by atoms with Crippen molar-refractivity contribution >= 4 is 46.3 Å². The van der Waals surface area contributed by atoms with Gasteiger partial charge in [0.15, 0.2) is 11.5 Å². The third-order valence-electron chi connectivity index (χ3n) is 3.91. The van der Waals surface area contributed by atoms with E-state index in [2.05, 4.69) is 0 Å². The number of amides is 2. The molecule has 1 fully saturated rings. The van der Waals surface area contributed by atoms with Crippen LogP contribution < -0.4 is 14.4 Å². The molecule has 2 aromatic carbocycles. The molecule has 0 spiro atoms. The summed E-state index contributed by atoms with van der Waals surface area (Å²) >= 11 is 6.79. The van der Waals surface area contributed by atoms with Crippen molar-refractivity contribution in [1.29, 1.82) is 0 Å². The Hall–Kier alpha value is -2.44. The molecule has 0 bridgehead atoms. The van der Waals surface area contributed by atoms with Gasteiger partial charge in [0.2, 0.25) is 0 Å². The highest BCUT2D eigenvalue weighted by molar-refractivity contribution is 8.19. The van der Waals surface area contributed by atoms with Crippen molar-refractivity contribution in [2.24, 2.45) is 0 Å². The van der Waals surface area contributed by atoms with E-state index in [9.17, 15) is 9.59 Å². The summed E-state index contributed by atoms with van der Waals surface area (Å²) in [4.78, 5) is 26.6. The van der Waals surface area contributed by atoms with E-state index in [0.717, 1.165) is 28.6 Å². The Balaban J connectivity index is 1.86. The van der Waals surface area contributed by atoms with E-state index in [0.29, 0.717) is 40.3 Å². The molecule has 7 heteroatoms. The maximum atomic E-state index is 12.8. The van der Waals surface area contributed by atoms with Gasteiger partial charge in [-0.3, -0.25) is 9.59 Å². The molecule has 5 nitrogen and oxygen atoms in total. The molecular formula is C21H20ClNO4S. The van der Waals surface area contributed by atoms with Crippen LogP contribution in [0.25, 0.3) is 6.08 Å². The molecule has 0 aromatic heterocycles. The Bertz CT molecular complexity index is 911. The van der Waals surface area contributed by atoms with E-state index in [1.54, 1.807) is 30.3 Å². The van der Waals surface area contributed by atoms with Gasteiger partial charge < -0.3 is 9.47 Å². The second kappa shape index (κ2) is 9.17. The van der Waals surface area contributed by atoms with Gasteiger partial charge in [0.05, 0.1) is 23.8 Å². The van der Waals surface area contributed by atoms with Crippen LogP contribution in [0.1, 0.15) is 25.8 Å². The van der Waals surface area contributed by atoms with E-state index in [1.807, 2.05) is 32.0 Å². The molecule has 0 unspecified atom stereocenters. The van der Waals surface area contributed by atoms with Crippen molar-refractivity contribution in [1.82, 2.24) is 0 Å². The maximum absolute atomic E-state index is 12.8. The summed E-state index contributed by atoms with van der Waals surface area (Å²) < 4.78 is 11.3. The SMILES string of the molecule is CCCOc1ccc(/C=C2/SC(=O)N(c3ccc(Cl)cc3)C2=O)cc1OCC. The molecule has 1 aliphatic heterocycles. The number of ether oxygens (including phenoxy) is 2. The normalized spacial score (nSPS) is 15.4. The summed E-state index contributed by atoms with van der Waals surface area (Å²) in [5.41, 5.74) is 1.25. The predicted octanol–water partition coefficient (Wildman–Crippen LogP) is 5.77. The van der Waals surface area contributed by atoms with Crippen molar-refractivity contribution in [3.8, 4) is 11.5 Å².